The minimum atomic E-state index is -5.13. The Hall–Kier alpha value is -3.26. The number of amides is 1. The Kier molecular flexibility index (Phi) is 4.68. The van der Waals surface area contributed by atoms with Crippen LogP contribution in [0.1, 0.15) is 22.9 Å². The van der Waals surface area contributed by atoms with Crippen molar-refractivity contribution in [2.75, 3.05) is 4.90 Å². The van der Waals surface area contributed by atoms with Crippen molar-refractivity contribution in [3.05, 3.63) is 53.3 Å². The molecule has 1 aliphatic rings. The molecule has 1 N–H and O–H groups in total. The van der Waals surface area contributed by atoms with E-state index in [1.165, 1.54) is 18.3 Å². The van der Waals surface area contributed by atoms with Gasteiger partial charge < -0.3 is 9.84 Å². The molecule has 2 heterocycles. The van der Waals surface area contributed by atoms with Crippen LogP contribution in [-0.2, 0) is 11.3 Å². The molecular weight excluding hydrogens is 389 g/mol. The highest BCUT2D eigenvalue weighted by atomic mass is 19.4. The Labute approximate surface area is 154 Å². The minimum absolute atomic E-state index is 0.0357. The van der Waals surface area contributed by atoms with E-state index in [1.807, 2.05) is 0 Å². The fraction of sp³-hybridized carbons (Fsp3) is 0.235. The van der Waals surface area contributed by atoms with Gasteiger partial charge in [-0.25, -0.2) is 4.98 Å². The molecule has 11 heteroatoms. The predicted octanol–water partition coefficient (Wildman–Crippen LogP) is 3.07. The summed E-state index contributed by atoms with van der Waals surface area (Å²) in [5.74, 6) is -2.75. The number of benzene rings is 1. The normalized spacial score (nSPS) is 16.8. The zero-order valence-corrected chi connectivity index (χ0v) is 13.7. The first-order valence-electron chi connectivity index (χ1n) is 7.66. The Bertz CT molecular complexity index is 971. The van der Waals surface area contributed by atoms with E-state index >= 15 is 0 Å². The van der Waals surface area contributed by atoms with E-state index in [1.54, 1.807) is 6.07 Å². The molecule has 28 heavy (non-hydrogen) atoms. The zero-order chi connectivity index (χ0) is 20.7. The van der Waals surface area contributed by atoms with Gasteiger partial charge in [-0.3, -0.25) is 9.69 Å². The third-order valence-electron chi connectivity index (χ3n) is 3.92. The third-order valence-corrected chi connectivity index (χ3v) is 3.92. The van der Waals surface area contributed by atoms with Gasteiger partial charge in [0.25, 0.3) is 0 Å². The number of halogens is 5. The molecule has 3 rings (SSSR count). The molecule has 0 unspecified atom stereocenters. The number of fused-ring (bicyclic) bond motifs is 1. The summed E-state index contributed by atoms with van der Waals surface area (Å²) < 4.78 is 71.1. The van der Waals surface area contributed by atoms with Crippen molar-refractivity contribution in [1.82, 2.24) is 4.98 Å². The van der Waals surface area contributed by atoms with Crippen LogP contribution >= 0.6 is 0 Å². The molecule has 1 aromatic carbocycles. The second-order valence-electron chi connectivity index (χ2n) is 5.81. The number of alkyl halides is 5. The van der Waals surface area contributed by atoms with Crippen molar-refractivity contribution in [2.45, 2.75) is 24.9 Å². The van der Waals surface area contributed by atoms with E-state index in [0.717, 1.165) is 18.2 Å². The summed E-state index contributed by atoms with van der Waals surface area (Å²) in [7, 11) is 0. The first-order valence-corrected chi connectivity index (χ1v) is 7.66. The number of aliphatic hydroxyl groups is 1. The molecule has 0 bridgehead atoms. The van der Waals surface area contributed by atoms with E-state index < -0.39 is 42.2 Å². The lowest BCUT2D eigenvalue weighted by molar-refractivity contribution is -0.211. The van der Waals surface area contributed by atoms with Gasteiger partial charge in [0.05, 0.1) is 12.2 Å². The molecule has 1 atom stereocenters. The number of para-hydroxylation sites is 1. The van der Waals surface area contributed by atoms with Crippen LogP contribution in [-0.4, -0.2) is 28.3 Å². The molecule has 0 saturated carbocycles. The Morgan fingerprint density at radius 1 is 1.32 bits per heavy atom. The van der Waals surface area contributed by atoms with Gasteiger partial charge >= 0.3 is 18.2 Å². The van der Waals surface area contributed by atoms with Crippen LogP contribution in [0.2, 0.25) is 0 Å². The van der Waals surface area contributed by atoms with E-state index in [9.17, 15) is 31.9 Å². The number of anilines is 1. The Balaban J connectivity index is 2.10. The molecule has 1 aliphatic heterocycles. The van der Waals surface area contributed by atoms with Crippen molar-refractivity contribution < 1.29 is 36.6 Å². The maximum Gasteiger partial charge on any atom is 0.483 e. The first kappa shape index (κ1) is 19.5. The second kappa shape index (κ2) is 6.72. The molecule has 0 saturated heterocycles. The van der Waals surface area contributed by atoms with E-state index in [4.69, 9.17) is 5.26 Å². The fourth-order valence-corrected chi connectivity index (χ4v) is 2.67. The van der Waals surface area contributed by atoms with Gasteiger partial charge in [-0.1, -0.05) is 12.1 Å². The predicted molar refractivity (Wildman–Crippen MR) is 83.2 cm³/mol. The summed E-state index contributed by atoms with van der Waals surface area (Å²) in [4.78, 5) is 16.4. The van der Waals surface area contributed by atoms with Crippen LogP contribution < -0.4 is 9.64 Å². The van der Waals surface area contributed by atoms with Gasteiger partial charge in [0.2, 0.25) is 0 Å². The first-order chi connectivity index (χ1) is 13.0. The van der Waals surface area contributed by atoms with Gasteiger partial charge in [-0.2, -0.15) is 27.2 Å². The smallest absolute Gasteiger partial charge is 0.423 e. The molecular formula is C17H10F5N3O3. The molecule has 1 aromatic heterocycles. The largest absolute Gasteiger partial charge is 0.483 e. The number of rotatable bonds is 3. The lowest BCUT2D eigenvalue weighted by atomic mass is 10.0. The lowest BCUT2D eigenvalue weighted by Crippen LogP contribution is -2.50. The highest BCUT2D eigenvalue weighted by molar-refractivity contribution is 6.01. The standard InChI is InChI=1S/C17H10F5N3O3/c18-16(19,20)14(26)11-2-1-3-12-13(11)28-17(21,22)15(27)25(12)8-9-4-5-24-10(6-9)7-23/h1-6,14,26H,8H2/t14-/m0/s1. The summed E-state index contributed by atoms with van der Waals surface area (Å²) in [6.07, 6.45) is -11.4. The summed E-state index contributed by atoms with van der Waals surface area (Å²) in [5.41, 5.74) is -1.11. The lowest BCUT2D eigenvalue weighted by Gasteiger charge is -2.35. The number of pyridine rings is 1. The Morgan fingerprint density at radius 3 is 2.68 bits per heavy atom. The van der Waals surface area contributed by atoms with Crippen LogP contribution in [0, 0.1) is 11.3 Å². The number of hydrogen-bond acceptors (Lipinski definition) is 5. The average Bonchev–Trinajstić information content (AvgIpc) is 2.63. The molecule has 1 amide bonds. The van der Waals surface area contributed by atoms with Gasteiger partial charge in [0.15, 0.2) is 11.9 Å². The average molecular weight is 399 g/mol. The molecule has 0 radical (unpaired) electrons. The fourth-order valence-electron chi connectivity index (χ4n) is 2.67. The number of carbonyl (C=O) groups excluding carboxylic acids is 1. The number of nitriles is 1. The topological polar surface area (TPSA) is 86.5 Å². The molecule has 6 nitrogen and oxygen atoms in total. The third kappa shape index (κ3) is 3.46. The number of carbonyl (C=O) groups is 1. The maximum atomic E-state index is 14.1. The molecule has 2 aromatic rings. The van der Waals surface area contributed by atoms with Crippen molar-refractivity contribution >= 4 is 11.6 Å². The van der Waals surface area contributed by atoms with Crippen LogP contribution in [0.25, 0.3) is 0 Å². The van der Waals surface area contributed by atoms with Crippen molar-refractivity contribution in [1.29, 1.82) is 5.26 Å². The summed E-state index contributed by atoms with van der Waals surface area (Å²) in [6.45, 7) is -0.479. The summed E-state index contributed by atoms with van der Waals surface area (Å²) >= 11 is 0. The zero-order valence-electron chi connectivity index (χ0n) is 13.7. The molecule has 0 fully saturated rings. The minimum Gasteiger partial charge on any atom is -0.423 e. The Morgan fingerprint density at radius 2 is 2.04 bits per heavy atom. The summed E-state index contributed by atoms with van der Waals surface area (Å²) in [5, 5.41) is 18.4. The SMILES string of the molecule is N#Cc1cc(CN2C(=O)C(F)(F)Oc3c([C@H](O)C(F)(F)F)cccc32)ccn1. The van der Waals surface area contributed by atoms with E-state index in [-0.39, 0.29) is 16.9 Å². The van der Waals surface area contributed by atoms with Gasteiger partial charge in [-0.15, -0.1) is 0 Å². The van der Waals surface area contributed by atoms with Crippen molar-refractivity contribution in [3.8, 4) is 11.8 Å². The monoisotopic (exact) mass is 399 g/mol. The van der Waals surface area contributed by atoms with Crippen LogP contribution in [0.15, 0.2) is 36.5 Å². The summed E-state index contributed by atoms with van der Waals surface area (Å²) in [6, 6.07) is 7.31. The van der Waals surface area contributed by atoms with Gasteiger partial charge in [0, 0.05) is 11.8 Å². The van der Waals surface area contributed by atoms with Gasteiger partial charge in [0.1, 0.15) is 11.8 Å². The number of nitrogens with zero attached hydrogens (tertiary/aromatic N) is 3. The second-order valence-corrected chi connectivity index (χ2v) is 5.81. The van der Waals surface area contributed by atoms with Crippen LogP contribution in [0.3, 0.4) is 0 Å². The van der Waals surface area contributed by atoms with E-state index in [0.29, 0.717) is 4.90 Å². The van der Waals surface area contributed by atoms with E-state index in [2.05, 4.69) is 9.72 Å². The number of ether oxygens (including phenoxy) is 1. The van der Waals surface area contributed by atoms with Crippen molar-refractivity contribution in [3.63, 3.8) is 0 Å². The quantitative estimate of drug-likeness (QED) is 0.802. The van der Waals surface area contributed by atoms with Crippen LogP contribution in [0.4, 0.5) is 27.6 Å². The molecule has 146 valence electrons. The number of aliphatic hydroxyl groups excluding tert-OH is 1. The highest BCUT2D eigenvalue weighted by Gasteiger charge is 2.52. The number of aromatic nitrogens is 1. The molecule has 0 spiro atoms. The van der Waals surface area contributed by atoms with Crippen LogP contribution in [0.5, 0.6) is 5.75 Å². The van der Waals surface area contributed by atoms with Crippen molar-refractivity contribution in [2.24, 2.45) is 0 Å². The maximum absolute atomic E-state index is 14.1. The van der Waals surface area contributed by atoms with Gasteiger partial charge in [-0.05, 0) is 23.8 Å². The molecule has 0 aliphatic carbocycles. The highest BCUT2D eigenvalue weighted by Crippen LogP contribution is 2.47. The number of hydrogen-bond donors (Lipinski definition) is 1.